The van der Waals surface area contributed by atoms with E-state index in [4.69, 9.17) is 9.15 Å². The van der Waals surface area contributed by atoms with Gasteiger partial charge in [0.1, 0.15) is 5.76 Å². The van der Waals surface area contributed by atoms with Gasteiger partial charge in [0.25, 0.3) is 0 Å². The van der Waals surface area contributed by atoms with Gasteiger partial charge in [0.15, 0.2) is 0 Å². The maximum atomic E-state index is 13.2. The number of hydrogen-bond acceptors (Lipinski definition) is 4. The first-order valence-corrected chi connectivity index (χ1v) is 10.3. The molecule has 1 fully saturated rings. The molecule has 0 aromatic carbocycles. The van der Waals surface area contributed by atoms with Crippen molar-refractivity contribution in [2.45, 2.75) is 38.8 Å². The summed E-state index contributed by atoms with van der Waals surface area (Å²) in [4.78, 5) is 29.6. The summed E-state index contributed by atoms with van der Waals surface area (Å²) in [6.45, 7) is 1.73. The van der Waals surface area contributed by atoms with Gasteiger partial charge in [0, 0.05) is 38.5 Å². The van der Waals surface area contributed by atoms with Gasteiger partial charge in [-0.2, -0.15) is 0 Å². The molecule has 0 saturated heterocycles. The van der Waals surface area contributed by atoms with Crippen LogP contribution in [0.1, 0.15) is 37.1 Å². The van der Waals surface area contributed by atoms with E-state index >= 15 is 0 Å². The fraction of sp³-hybridized carbons (Fsp3) is 0.545. The molecule has 7 heteroatoms. The van der Waals surface area contributed by atoms with Gasteiger partial charge in [0.2, 0.25) is 11.8 Å². The molecule has 0 aliphatic heterocycles. The van der Waals surface area contributed by atoms with Crippen LogP contribution in [0.5, 0.6) is 0 Å². The van der Waals surface area contributed by atoms with Crippen LogP contribution in [0.2, 0.25) is 0 Å². The van der Waals surface area contributed by atoms with Gasteiger partial charge >= 0.3 is 0 Å². The quantitative estimate of drug-likeness (QED) is 0.614. The Labute approximate surface area is 172 Å². The Morgan fingerprint density at radius 3 is 2.59 bits per heavy atom. The van der Waals surface area contributed by atoms with Crippen LogP contribution in [0, 0.1) is 5.92 Å². The highest BCUT2D eigenvalue weighted by atomic mass is 16.5. The second kappa shape index (κ2) is 10.3. The van der Waals surface area contributed by atoms with Crippen LogP contribution >= 0.6 is 0 Å². The van der Waals surface area contributed by atoms with Crippen LogP contribution < -0.4 is 0 Å². The highest BCUT2D eigenvalue weighted by Gasteiger charge is 2.29. The molecule has 0 unspecified atom stereocenters. The van der Waals surface area contributed by atoms with Gasteiger partial charge < -0.3 is 23.5 Å². The molecule has 29 heavy (non-hydrogen) atoms. The fourth-order valence-corrected chi connectivity index (χ4v) is 3.84. The van der Waals surface area contributed by atoms with E-state index in [1.165, 1.54) is 0 Å². The van der Waals surface area contributed by atoms with Crippen molar-refractivity contribution >= 4 is 11.8 Å². The average molecular weight is 402 g/mol. The highest BCUT2D eigenvalue weighted by Crippen LogP contribution is 2.26. The van der Waals surface area contributed by atoms with Crippen LogP contribution in [0.15, 0.2) is 41.1 Å². The molecular weight excluding hydrogens is 370 g/mol. The maximum absolute atomic E-state index is 13.2. The van der Waals surface area contributed by atoms with E-state index in [-0.39, 0.29) is 24.3 Å². The molecule has 2 heterocycles. The van der Waals surface area contributed by atoms with E-state index < -0.39 is 0 Å². The van der Waals surface area contributed by atoms with Crippen molar-refractivity contribution in [3.8, 4) is 0 Å². The van der Waals surface area contributed by atoms with Crippen molar-refractivity contribution in [1.82, 2.24) is 14.4 Å². The monoisotopic (exact) mass is 401 g/mol. The Hall–Kier alpha value is -2.54. The van der Waals surface area contributed by atoms with E-state index in [1.54, 1.807) is 23.2 Å². The molecule has 158 valence electrons. The van der Waals surface area contributed by atoms with Gasteiger partial charge in [-0.1, -0.05) is 12.8 Å². The number of carbonyl (C=O) groups excluding carboxylic acids is 2. The van der Waals surface area contributed by atoms with Crippen molar-refractivity contribution < 1.29 is 18.7 Å². The third-order valence-electron chi connectivity index (χ3n) is 5.59. The smallest absolute Gasteiger partial charge is 0.242 e. The molecule has 0 radical (unpaired) electrons. The lowest BCUT2D eigenvalue weighted by molar-refractivity contribution is -0.144. The standard InChI is InChI=1S/C22H31N3O4/c1-23-11-5-9-19(23)15-25(16-20-10-6-13-29-20)21(26)17-24(12-14-28-2)22(27)18-7-3-4-8-18/h5-6,9-11,13,18H,3-4,7-8,12,14-17H2,1-2H3. The van der Waals surface area contributed by atoms with Gasteiger partial charge in [-0.05, 0) is 37.1 Å². The zero-order valence-electron chi connectivity index (χ0n) is 17.4. The molecule has 0 spiro atoms. The molecule has 2 amide bonds. The predicted octanol–water partition coefficient (Wildman–Crippen LogP) is 2.81. The van der Waals surface area contributed by atoms with Gasteiger partial charge in [0.05, 0.1) is 32.5 Å². The average Bonchev–Trinajstić information content (AvgIpc) is 3.48. The first-order valence-electron chi connectivity index (χ1n) is 10.3. The molecule has 7 nitrogen and oxygen atoms in total. The Morgan fingerprint density at radius 2 is 1.97 bits per heavy atom. The van der Waals surface area contributed by atoms with E-state index in [1.807, 2.05) is 42.1 Å². The first kappa shape index (κ1) is 21.2. The number of hydrogen-bond donors (Lipinski definition) is 0. The first-order chi connectivity index (χ1) is 14.1. The Balaban J connectivity index is 1.72. The van der Waals surface area contributed by atoms with Gasteiger partial charge in [-0.3, -0.25) is 9.59 Å². The number of nitrogens with zero attached hydrogens (tertiary/aromatic N) is 3. The number of furan rings is 1. The van der Waals surface area contributed by atoms with Crippen molar-refractivity contribution in [1.29, 1.82) is 0 Å². The predicted molar refractivity (Wildman–Crippen MR) is 109 cm³/mol. The summed E-state index contributed by atoms with van der Waals surface area (Å²) in [5.41, 5.74) is 1.02. The van der Waals surface area contributed by atoms with Crippen molar-refractivity contribution in [2.75, 3.05) is 26.8 Å². The van der Waals surface area contributed by atoms with Crippen molar-refractivity contribution in [3.05, 3.63) is 48.2 Å². The molecule has 1 aliphatic carbocycles. The number of methoxy groups -OCH3 is 1. The third kappa shape index (κ3) is 5.73. The van der Waals surface area contributed by atoms with Crippen LogP contribution in [0.25, 0.3) is 0 Å². The van der Waals surface area contributed by atoms with Crippen LogP contribution in [-0.4, -0.2) is 53.0 Å². The largest absolute Gasteiger partial charge is 0.467 e. The number of ether oxygens (including phenoxy) is 1. The molecule has 1 saturated carbocycles. The minimum Gasteiger partial charge on any atom is -0.467 e. The molecule has 2 aromatic rings. The number of aromatic nitrogens is 1. The summed E-state index contributed by atoms with van der Waals surface area (Å²) in [6.07, 6.45) is 7.56. The normalized spacial score (nSPS) is 14.3. The zero-order valence-corrected chi connectivity index (χ0v) is 17.4. The van der Waals surface area contributed by atoms with E-state index in [0.717, 1.165) is 37.1 Å². The van der Waals surface area contributed by atoms with Crippen LogP contribution in [0.3, 0.4) is 0 Å². The van der Waals surface area contributed by atoms with E-state index in [2.05, 4.69) is 0 Å². The molecule has 2 aromatic heterocycles. The summed E-state index contributed by atoms with van der Waals surface area (Å²) in [6, 6.07) is 7.63. The lowest BCUT2D eigenvalue weighted by Crippen LogP contribution is -2.45. The van der Waals surface area contributed by atoms with Gasteiger partial charge in [-0.25, -0.2) is 0 Å². The summed E-state index contributed by atoms with van der Waals surface area (Å²) >= 11 is 0. The molecule has 0 bridgehead atoms. The van der Waals surface area contributed by atoms with Crippen molar-refractivity contribution in [3.63, 3.8) is 0 Å². The molecule has 0 N–H and O–H groups in total. The van der Waals surface area contributed by atoms with E-state index in [9.17, 15) is 9.59 Å². The second-order valence-corrected chi connectivity index (χ2v) is 7.67. The summed E-state index contributed by atoms with van der Waals surface area (Å²) in [7, 11) is 3.57. The molecular formula is C22H31N3O4. The fourth-order valence-electron chi connectivity index (χ4n) is 3.84. The topological polar surface area (TPSA) is 67.9 Å². The molecule has 0 atom stereocenters. The second-order valence-electron chi connectivity index (χ2n) is 7.67. The minimum absolute atomic E-state index is 0.0334. The van der Waals surface area contributed by atoms with Crippen molar-refractivity contribution in [2.24, 2.45) is 13.0 Å². The number of carbonyl (C=O) groups is 2. The SMILES string of the molecule is COCCN(CC(=O)N(Cc1ccco1)Cc1cccn1C)C(=O)C1CCCC1. The number of aryl methyl sites for hydroxylation is 1. The summed E-state index contributed by atoms with van der Waals surface area (Å²) < 4.78 is 12.6. The van der Waals surface area contributed by atoms with Gasteiger partial charge in [-0.15, -0.1) is 0 Å². The third-order valence-corrected chi connectivity index (χ3v) is 5.59. The lowest BCUT2D eigenvalue weighted by Gasteiger charge is -2.29. The zero-order chi connectivity index (χ0) is 20.6. The lowest BCUT2D eigenvalue weighted by atomic mass is 10.1. The summed E-state index contributed by atoms with van der Waals surface area (Å²) in [5, 5.41) is 0. The molecule has 1 aliphatic rings. The number of rotatable bonds is 10. The van der Waals surface area contributed by atoms with Crippen LogP contribution in [0.4, 0.5) is 0 Å². The number of amides is 2. The Morgan fingerprint density at radius 1 is 1.17 bits per heavy atom. The summed E-state index contributed by atoms with van der Waals surface area (Å²) in [5.74, 6) is 0.735. The highest BCUT2D eigenvalue weighted by molar-refractivity contribution is 5.86. The minimum atomic E-state index is -0.0925. The molecule has 3 rings (SSSR count). The van der Waals surface area contributed by atoms with Crippen LogP contribution in [-0.2, 0) is 34.5 Å². The van der Waals surface area contributed by atoms with E-state index in [0.29, 0.717) is 26.2 Å². The Bertz CT molecular complexity index is 778. The maximum Gasteiger partial charge on any atom is 0.242 e. The Kier molecular flexibility index (Phi) is 7.52.